The van der Waals surface area contributed by atoms with E-state index in [2.05, 4.69) is 33.1 Å². The van der Waals surface area contributed by atoms with E-state index >= 15 is 0 Å². The first-order chi connectivity index (χ1) is 17.9. The molecular weight excluding hydrogens is 587 g/mol. The van der Waals surface area contributed by atoms with Gasteiger partial charge < -0.3 is 19.7 Å². The number of carbonyl (C=O) groups excluding carboxylic acids is 1. The molecule has 0 aromatic heterocycles. The Balaban J connectivity index is 1.49. The zero-order chi connectivity index (χ0) is 26.4. The smallest absolute Gasteiger partial charge is 0.335 e. The molecule has 4 aromatic carbocycles. The first kappa shape index (κ1) is 26.0. The van der Waals surface area contributed by atoms with E-state index in [1.165, 1.54) is 12.3 Å². The molecule has 0 aliphatic rings. The fourth-order valence-corrected chi connectivity index (χ4v) is 4.43. The molecule has 0 saturated carbocycles. The molecule has 0 saturated heterocycles. The minimum Gasteiger partial charge on any atom is -0.507 e. The summed E-state index contributed by atoms with van der Waals surface area (Å²) < 4.78 is 12.5. The van der Waals surface area contributed by atoms with Crippen molar-refractivity contribution in [2.75, 3.05) is 6.61 Å². The number of hydrogen-bond acceptors (Lipinski definition) is 6. The van der Waals surface area contributed by atoms with Crippen molar-refractivity contribution in [2.45, 2.75) is 13.5 Å². The second-order valence-corrected chi connectivity index (χ2v) is 9.14. The maximum absolute atomic E-state index is 12.6. The summed E-state index contributed by atoms with van der Waals surface area (Å²) in [6.45, 7) is 2.42. The van der Waals surface area contributed by atoms with Gasteiger partial charge in [0.25, 0.3) is 5.91 Å². The quantitative estimate of drug-likeness (QED) is 0.129. The van der Waals surface area contributed by atoms with Crippen molar-refractivity contribution < 1.29 is 29.3 Å². The Morgan fingerprint density at radius 1 is 1.00 bits per heavy atom. The number of fused-ring (bicyclic) bond motifs is 1. The van der Waals surface area contributed by atoms with Crippen LogP contribution in [0.4, 0.5) is 0 Å². The largest absolute Gasteiger partial charge is 0.507 e. The van der Waals surface area contributed by atoms with Crippen molar-refractivity contribution in [3.8, 4) is 17.2 Å². The van der Waals surface area contributed by atoms with Crippen molar-refractivity contribution in [1.29, 1.82) is 0 Å². The molecule has 0 spiro atoms. The lowest BCUT2D eigenvalue weighted by Gasteiger charge is -2.15. The number of phenolic OH excluding ortho intramolecular Hbond substituents is 1. The number of carboxylic acids is 1. The van der Waals surface area contributed by atoms with Crippen LogP contribution in [0.2, 0.25) is 0 Å². The summed E-state index contributed by atoms with van der Waals surface area (Å²) in [5.41, 5.74) is 4.13. The highest BCUT2D eigenvalue weighted by molar-refractivity contribution is 14.1. The molecule has 9 heteroatoms. The van der Waals surface area contributed by atoms with Gasteiger partial charge in [-0.2, -0.15) is 5.10 Å². The number of nitrogens with zero attached hydrogens (tertiary/aromatic N) is 1. The van der Waals surface area contributed by atoms with Crippen molar-refractivity contribution in [3.05, 3.63) is 98.6 Å². The van der Waals surface area contributed by atoms with E-state index in [-0.39, 0.29) is 23.5 Å². The summed E-state index contributed by atoms with van der Waals surface area (Å²) in [4.78, 5) is 23.8. The normalized spacial score (nSPS) is 11.0. The number of nitrogens with one attached hydrogen (secondary N) is 1. The van der Waals surface area contributed by atoms with Gasteiger partial charge in [-0.15, -0.1) is 0 Å². The standard InChI is InChI=1S/C28H23IN2O6/c1-2-36-25-12-18(11-23(29)26(25)37-16-17-6-5-9-21(10-17)28(34)35)15-30-31-27(33)22-13-19-7-3-4-8-20(19)14-24(22)32/h3-15,32H,2,16H2,1H3,(H,31,33)(H,34,35). The van der Waals surface area contributed by atoms with E-state index in [1.54, 1.807) is 36.4 Å². The van der Waals surface area contributed by atoms with Crippen LogP contribution in [0.3, 0.4) is 0 Å². The van der Waals surface area contributed by atoms with Gasteiger partial charge >= 0.3 is 5.97 Å². The Hall–Kier alpha value is -4.12. The molecule has 188 valence electrons. The van der Waals surface area contributed by atoms with Crippen LogP contribution in [0.5, 0.6) is 17.2 Å². The number of rotatable bonds is 9. The number of carboxylic acid groups (broad SMARTS) is 1. The summed E-state index contributed by atoms with van der Waals surface area (Å²) >= 11 is 2.12. The number of phenols is 1. The van der Waals surface area contributed by atoms with Gasteiger partial charge in [0.2, 0.25) is 0 Å². The third kappa shape index (κ3) is 6.36. The molecule has 4 aromatic rings. The maximum Gasteiger partial charge on any atom is 0.335 e. The lowest BCUT2D eigenvalue weighted by Crippen LogP contribution is -2.17. The molecule has 0 unspecified atom stereocenters. The van der Waals surface area contributed by atoms with Crippen LogP contribution < -0.4 is 14.9 Å². The number of aromatic carboxylic acids is 1. The number of aromatic hydroxyl groups is 1. The van der Waals surface area contributed by atoms with Crippen molar-refractivity contribution >= 4 is 51.5 Å². The van der Waals surface area contributed by atoms with Crippen LogP contribution in [0.15, 0.2) is 77.9 Å². The number of halogens is 1. The van der Waals surface area contributed by atoms with Gasteiger partial charge in [-0.05, 0) is 87.8 Å². The number of hydrogen-bond donors (Lipinski definition) is 3. The number of amides is 1. The van der Waals surface area contributed by atoms with Gasteiger partial charge in [-0.3, -0.25) is 4.79 Å². The first-order valence-electron chi connectivity index (χ1n) is 11.3. The average molecular weight is 610 g/mol. The lowest BCUT2D eigenvalue weighted by atomic mass is 10.1. The molecule has 0 aliphatic heterocycles. The molecule has 0 heterocycles. The second kappa shape index (κ2) is 11.7. The third-order valence-corrected chi connectivity index (χ3v) is 6.18. The molecule has 0 radical (unpaired) electrons. The van der Waals surface area contributed by atoms with Gasteiger partial charge in [0.05, 0.1) is 27.5 Å². The van der Waals surface area contributed by atoms with E-state index < -0.39 is 11.9 Å². The van der Waals surface area contributed by atoms with Gasteiger partial charge in [0, 0.05) is 0 Å². The average Bonchev–Trinajstić information content (AvgIpc) is 2.88. The monoisotopic (exact) mass is 610 g/mol. The van der Waals surface area contributed by atoms with E-state index in [0.717, 1.165) is 14.3 Å². The summed E-state index contributed by atoms with van der Waals surface area (Å²) in [5.74, 6) is -0.662. The Labute approximate surface area is 226 Å². The second-order valence-electron chi connectivity index (χ2n) is 7.97. The molecule has 0 fully saturated rings. The zero-order valence-corrected chi connectivity index (χ0v) is 21.9. The predicted octanol–water partition coefficient (Wildman–Crippen LogP) is 5.59. The summed E-state index contributed by atoms with van der Waals surface area (Å²) in [6, 6.07) is 20.7. The fraction of sp³-hybridized carbons (Fsp3) is 0.107. The van der Waals surface area contributed by atoms with Crippen molar-refractivity contribution in [3.63, 3.8) is 0 Å². The first-order valence-corrected chi connectivity index (χ1v) is 12.4. The third-order valence-electron chi connectivity index (χ3n) is 5.38. The molecule has 8 nitrogen and oxygen atoms in total. The lowest BCUT2D eigenvalue weighted by molar-refractivity contribution is 0.0696. The summed E-state index contributed by atoms with van der Waals surface area (Å²) in [6.07, 6.45) is 1.47. The molecular formula is C28H23IN2O6. The minimum atomic E-state index is -1.00. The number of carbonyl (C=O) groups is 2. The molecule has 0 aliphatic carbocycles. The topological polar surface area (TPSA) is 117 Å². The Morgan fingerprint density at radius 2 is 1.76 bits per heavy atom. The van der Waals surface area contributed by atoms with E-state index in [1.807, 2.05) is 37.3 Å². The Bertz CT molecular complexity index is 1500. The molecule has 3 N–H and O–H groups in total. The van der Waals surface area contributed by atoms with Crippen molar-refractivity contribution in [1.82, 2.24) is 5.43 Å². The highest BCUT2D eigenvalue weighted by Gasteiger charge is 2.14. The Morgan fingerprint density at radius 3 is 2.49 bits per heavy atom. The Kier molecular flexibility index (Phi) is 8.24. The predicted molar refractivity (Wildman–Crippen MR) is 149 cm³/mol. The van der Waals surface area contributed by atoms with Gasteiger partial charge in [0.15, 0.2) is 11.5 Å². The van der Waals surface area contributed by atoms with Gasteiger partial charge in [-0.25, -0.2) is 10.2 Å². The number of ether oxygens (including phenoxy) is 2. The highest BCUT2D eigenvalue weighted by Crippen LogP contribution is 2.34. The zero-order valence-electron chi connectivity index (χ0n) is 19.8. The maximum atomic E-state index is 12.6. The SMILES string of the molecule is CCOc1cc(C=NNC(=O)c2cc3ccccc3cc2O)cc(I)c1OCc1cccc(C(=O)O)c1. The number of hydrazone groups is 1. The van der Waals surface area contributed by atoms with Crippen molar-refractivity contribution in [2.24, 2.45) is 5.10 Å². The number of benzene rings is 4. The van der Waals surface area contributed by atoms with Gasteiger partial charge in [0.1, 0.15) is 12.4 Å². The van der Waals surface area contributed by atoms with Crippen LogP contribution in [0.1, 0.15) is 38.8 Å². The summed E-state index contributed by atoms with van der Waals surface area (Å²) in [5, 5.41) is 25.2. The molecule has 1 amide bonds. The van der Waals surface area contributed by atoms with Crippen LogP contribution in [-0.4, -0.2) is 34.9 Å². The molecule has 37 heavy (non-hydrogen) atoms. The fourth-order valence-electron chi connectivity index (χ4n) is 3.65. The van der Waals surface area contributed by atoms with Gasteiger partial charge in [-0.1, -0.05) is 36.4 Å². The van der Waals surface area contributed by atoms with Crippen LogP contribution in [0.25, 0.3) is 10.8 Å². The van der Waals surface area contributed by atoms with E-state index in [4.69, 9.17) is 9.47 Å². The molecule has 0 atom stereocenters. The van der Waals surface area contributed by atoms with Crippen LogP contribution >= 0.6 is 22.6 Å². The highest BCUT2D eigenvalue weighted by atomic mass is 127. The van der Waals surface area contributed by atoms with E-state index in [9.17, 15) is 19.8 Å². The molecule has 4 rings (SSSR count). The van der Waals surface area contributed by atoms with Crippen LogP contribution in [0, 0.1) is 3.57 Å². The van der Waals surface area contributed by atoms with Crippen LogP contribution in [-0.2, 0) is 6.61 Å². The summed E-state index contributed by atoms with van der Waals surface area (Å²) in [7, 11) is 0. The van der Waals surface area contributed by atoms with E-state index in [0.29, 0.717) is 29.2 Å². The molecule has 0 bridgehead atoms. The minimum absolute atomic E-state index is 0.121.